The SMILES string of the molecule is CC12COB(OC1)OC2=O. The summed E-state index contributed by atoms with van der Waals surface area (Å²) in [5.41, 5.74) is -0.561. The maximum atomic E-state index is 11.0. The fraction of sp³-hybridized carbons (Fsp3) is 0.800. The minimum absolute atomic E-state index is 0.213. The Labute approximate surface area is 58.6 Å². The van der Waals surface area contributed by atoms with Crippen LogP contribution in [0.1, 0.15) is 6.92 Å². The van der Waals surface area contributed by atoms with Crippen molar-refractivity contribution < 1.29 is 18.8 Å². The van der Waals surface area contributed by atoms with E-state index in [1.54, 1.807) is 6.92 Å². The lowest BCUT2D eigenvalue weighted by Gasteiger charge is -2.39. The molecule has 2 bridgehead atoms. The lowest BCUT2D eigenvalue weighted by Crippen LogP contribution is -2.56. The largest absolute Gasteiger partial charge is 0.715 e. The van der Waals surface area contributed by atoms with Crippen molar-refractivity contribution >= 4 is 13.3 Å². The second kappa shape index (κ2) is 1.74. The fourth-order valence-electron chi connectivity index (χ4n) is 1.01. The Balaban J connectivity index is 2.25. The number of hydrogen-bond donors (Lipinski definition) is 0. The molecule has 10 heavy (non-hydrogen) atoms. The molecule has 0 saturated carbocycles. The highest BCUT2D eigenvalue weighted by Gasteiger charge is 2.51. The van der Waals surface area contributed by atoms with E-state index >= 15 is 0 Å². The van der Waals surface area contributed by atoms with Crippen LogP contribution in [0.4, 0.5) is 0 Å². The van der Waals surface area contributed by atoms with Gasteiger partial charge >= 0.3 is 13.3 Å². The molecule has 3 aliphatic rings. The molecule has 5 heteroatoms. The second-order valence-corrected chi connectivity index (χ2v) is 2.88. The summed E-state index contributed by atoms with van der Waals surface area (Å²) in [6.45, 7) is 2.59. The Kier molecular flexibility index (Phi) is 1.07. The molecule has 0 spiro atoms. The molecule has 0 amide bonds. The van der Waals surface area contributed by atoms with Crippen molar-refractivity contribution in [3.8, 4) is 0 Å². The number of carbonyl (C=O) groups excluding carboxylic acids is 1. The van der Waals surface area contributed by atoms with Gasteiger partial charge in [0.1, 0.15) is 5.41 Å². The molecule has 0 aromatic heterocycles. The van der Waals surface area contributed by atoms with Gasteiger partial charge in [0.05, 0.1) is 13.2 Å². The van der Waals surface area contributed by atoms with Gasteiger partial charge in [-0.15, -0.1) is 0 Å². The Morgan fingerprint density at radius 2 is 2.10 bits per heavy atom. The molecule has 3 fully saturated rings. The third kappa shape index (κ3) is 0.675. The molecular formula is C5H7BO4. The molecule has 0 aromatic rings. The highest BCUT2D eigenvalue weighted by molar-refractivity contribution is 6.41. The third-order valence-corrected chi connectivity index (χ3v) is 1.77. The minimum atomic E-state index is -0.741. The zero-order chi connectivity index (χ0) is 7.19. The molecule has 0 aliphatic carbocycles. The molecule has 3 aliphatic heterocycles. The van der Waals surface area contributed by atoms with E-state index in [9.17, 15) is 4.79 Å². The number of hydrogen-bond acceptors (Lipinski definition) is 4. The number of fused-ring (bicyclic) bond motifs is 3. The van der Waals surface area contributed by atoms with Crippen molar-refractivity contribution in [2.24, 2.45) is 5.41 Å². The molecule has 4 nitrogen and oxygen atoms in total. The second-order valence-electron chi connectivity index (χ2n) is 2.88. The van der Waals surface area contributed by atoms with Crippen LogP contribution in [0.15, 0.2) is 0 Å². The van der Waals surface area contributed by atoms with E-state index in [1.165, 1.54) is 0 Å². The van der Waals surface area contributed by atoms with E-state index in [0.29, 0.717) is 13.2 Å². The first-order chi connectivity index (χ1) is 4.71. The van der Waals surface area contributed by atoms with Gasteiger partial charge in [0.2, 0.25) is 0 Å². The Morgan fingerprint density at radius 3 is 2.40 bits per heavy atom. The average molecular weight is 142 g/mol. The van der Waals surface area contributed by atoms with Crippen molar-refractivity contribution in [2.45, 2.75) is 6.92 Å². The molecule has 0 aromatic carbocycles. The van der Waals surface area contributed by atoms with Crippen molar-refractivity contribution in [3.05, 3.63) is 0 Å². The van der Waals surface area contributed by atoms with Crippen molar-refractivity contribution in [1.82, 2.24) is 0 Å². The van der Waals surface area contributed by atoms with Crippen LogP contribution in [0.25, 0.3) is 0 Å². The standard InChI is InChI=1S/C5H7BO4/c1-5-2-8-6(9-3-5)10-4(5)7/h2-3H2,1H3. The molecule has 0 atom stereocenters. The maximum absolute atomic E-state index is 11.0. The molecule has 3 heterocycles. The van der Waals surface area contributed by atoms with Gasteiger partial charge in [-0.1, -0.05) is 0 Å². The van der Waals surface area contributed by atoms with E-state index in [4.69, 9.17) is 14.0 Å². The van der Waals surface area contributed by atoms with Crippen LogP contribution < -0.4 is 0 Å². The predicted octanol–water partition coefficient (Wildman–Crippen LogP) is -0.419. The number of carbonyl (C=O) groups is 1. The molecule has 0 N–H and O–H groups in total. The summed E-state index contributed by atoms with van der Waals surface area (Å²) >= 11 is 0. The van der Waals surface area contributed by atoms with Gasteiger partial charge in [-0.3, -0.25) is 4.79 Å². The highest BCUT2D eigenvalue weighted by atomic mass is 16.8. The highest BCUT2D eigenvalue weighted by Crippen LogP contribution is 2.30. The summed E-state index contributed by atoms with van der Waals surface area (Å²) in [6, 6.07) is 0. The van der Waals surface area contributed by atoms with Crippen LogP contribution in [0, 0.1) is 5.41 Å². The smallest absolute Gasteiger partial charge is 0.484 e. The quantitative estimate of drug-likeness (QED) is 0.431. The van der Waals surface area contributed by atoms with Crippen LogP contribution in [-0.2, 0) is 18.8 Å². The summed E-state index contributed by atoms with van der Waals surface area (Å²) in [5, 5.41) is 0. The van der Waals surface area contributed by atoms with Gasteiger partial charge < -0.3 is 14.0 Å². The first-order valence-corrected chi connectivity index (χ1v) is 3.15. The molecule has 3 rings (SSSR count). The number of rotatable bonds is 0. The summed E-state index contributed by atoms with van der Waals surface area (Å²) in [6.07, 6.45) is 0. The molecule has 3 saturated heterocycles. The predicted molar refractivity (Wildman–Crippen MR) is 31.9 cm³/mol. The van der Waals surface area contributed by atoms with Gasteiger partial charge in [-0.2, -0.15) is 0 Å². The van der Waals surface area contributed by atoms with E-state index in [-0.39, 0.29) is 5.97 Å². The van der Waals surface area contributed by atoms with Crippen LogP contribution in [0.3, 0.4) is 0 Å². The third-order valence-electron chi connectivity index (χ3n) is 1.77. The van der Waals surface area contributed by atoms with Crippen LogP contribution >= 0.6 is 0 Å². The normalized spacial score (nSPS) is 28.5. The van der Waals surface area contributed by atoms with Gasteiger partial charge in [-0.05, 0) is 6.92 Å². The topological polar surface area (TPSA) is 44.8 Å². The first kappa shape index (κ1) is 6.18. The average Bonchev–Trinajstić information content (AvgIpc) is 1.92. The molecule has 0 radical (unpaired) electrons. The maximum Gasteiger partial charge on any atom is 0.715 e. The molecule has 54 valence electrons. The van der Waals surface area contributed by atoms with Gasteiger partial charge in [-0.25, -0.2) is 0 Å². The van der Waals surface area contributed by atoms with Gasteiger partial charge in [0.25, 0.3) is 0 Å². The Bertz CT molecular complexity index is 172. The first-order valence-electron chi connectivity index (χ1n) is 3.15. The van der Waals surface area contributed by atoms with Gasteiger partial charge in [0, 0.05) is 0 Å². The lowest BCUT2D eigenvalue weighted by atomic mass is 9.86. The van der Waals surface area contributed by atoms with Crippen LogP contribution in [0.5, 0.6) is 0 Å². The Hall–Kier alpha value is -0.545. The van der Waals surface area contributed by atoms with E-state index in [1.807, 2.05) is 0 Å². The van der Waals surface area contributed by atoms with E-state index in [0.717, 1.165) is 0 Å². The van der Waals surface area contributed by atoms with E-state index in [2.05, 4.69) is 0 Å². The van der Waals surface area contributed by atoms with Crippen molar-refractivity contribution in [3.63, 3.8) is 0 Å². The minimum Gasteiger partial charge on any atom is -0.484 e. The monoisotopic (exact) mass is 142 g/mol. The van der Waals surface area contributed by atoms with Crippen LogP contribution in [-0.4, -0.2) is 26.5 Å². The summed E-state index contributed by atoms with van der Waals surface area (Å²) < 4.78 is 14.7. The molecular weight excluding hydrogens is 135 g/mol. The van der Waals surface area contributed by atoms with Gasteiger partial charge in [0.15, 0.2) is 0 Å². The Morgan fingerprint density at radius 1 is 1.50 bits per heavy atom. The van der Waals surface area contributed by atoms with Crippen LogP contribution in [0.2, 0.25) is 0 Å². The lowest BCUT2D eigenvalue weighted by molar-refractivity contribution is -0.173. The van der Waals surface area contributed by atoms with E-state index < -0.39 is 12.7 Å². The fourth-order valence-corrected chi connectivity index (χ4v) is 1.01. The van der Waals surface area contributed by atoms with Crippen molar-refractivity contribution in [1.29, 1.82) is 0 Å². The zero-order valence-electron chi connectivity index (χ0n) is 5.62. The summed E-state index contributed by atoms with van der Waals surface area (Å²) in [5.74, 6) is -0.213. The summed E-state index contributed by atoms with van der Waals surface area (Å²) in [4.78, 5) is 11.0. The summed E-state index contributed by atoms with van der Waals surface area (Å²) in [7, 11) is -0.741. The molecule has 0 unspecified atom stereocenters. The van der Waals surface area contributed by atoms with Crippen molar-refractivity contribution in [2.75, 3.05) is 13.2 Å². The zero-order valence-corrected chi connectivity index (χ0v) is 5.62.